The summed E-state index contributed by atoms with van der Waals surface area (Å²) in [4.78, 5) is 20.6. The first-order valence-electron chi connectivity index (χ1n) is 17.5. The third kappa shape index (κ3) is 9.64. The molecule has 0 spiro atoms. The number of H-pyrrole nitrogens is 1. The quantitative estimate of drug-likeness (QED) is 0.123. The molecule has 1 aromatic heterocycles. The Morgan fingerprint density at radius 2 is 1.92 bits per heavy atom. The lowest BCUT2D eigenvalue weighted by Crippen LogP contribution is -2.51. The molecule has 3 heterocycles. The van der Waals surface area contributed by atoms with Gasteiger partial charge in [0.2, 0.25) is 10.0 Å². The Hall–Kier alpha value is -3.49. The standard InChI is InChI=1S/C37H52N4O8S/c1-24(2)21-41(50(45,46)26-12-13-27-29(34(43)39-30(27)19-26)20-38-16-9-15-37(3,4)5)22-32(42)31(18-25-10-7-6-8-11-25)40-36(44)49-33-23-48-35-28(33)14-17-47-35/h6-8,10-13,19-20,24,28,31-33,35,39,42-43H,9,14-18,21-23H2,1-5H3,(H,40,44)/t28-,31+,32-,33+,35+/m1/s1. The van der Waals surface area contributed by atoms with Crippen LogP contribution in [0.1, 0.15) is 65.0 Å². The second kappa shape index (κ2) is 16.2. The number of alkyl carbamates (subject to hydrolysis) is 1. The minimum Gasteiger partial charge on any atom is -0.494 e. The average molecular weight is 713 g/mol. The minimum atomic E-state index is -4.12. The van der Waals surface area contributed by atoms with E-state index in [4.69, 9.17) is 14.2 Å². The highest BCUT2D eigenvalue weighted by Crippen LogP contribution is 2.33. The molecule has 2 aromatic carbocycles. The number of nitrogens with zero attached hydrogens (tertiary/aromatic N) is 2. The van der Waals surface area contributed by atoms with Crippen molar-refractivity contribution in [2.45, 2.75) is 89.7 Å². The fraction of sp³-hybridized carbons (Fsp3) is 0.568. The number of hydrogen-bond donors (Lipinski definition) is 4. The van der Waals surface area contributed by atoms with Gasteiger partial charge in [-0.05, 0) is 54.7 Å². The summed E-state index contributed by atoms with van der Waals surface area (Å²) in [5.41, 5.74) is 2.01. The van der Waals surface area contributed by atoms with E-state index in [9.17, 15) is 23.4 Å². The van der Waals surface area contributed by atoms with E-state index < -0.39 is 34.4 Å². The predicted octanol–water partition coefficient (Wildman–Crippen LogP) is 5.23. The molecule has 50 heavy (non-hydrogen) atoms. The normalized spacial score (nSPS) is 20.9. The first kappa shape index (κ1) is 37.8. The molecular formula is C37H52N4O8S. The molecule has 1 amide bonds. The number of aliphatic hydroxyl groups excluding tert-OH is 1. The molecule has 0 radical (unpaired) electrons. The van der Waals surface area contributed by atoms with E-state index in [2.05, 4.69) is 36.1 Å². The van der Waals surface area contributed by atoms with Gasteiger partial charge in [0, 0.05) is 31.2 Å². The first-order valence-corrected chi connectivity index (χ1v) is 18.9. The molecule has 0 aliphatic carbocycles. The van der Waals surface area contributed by atoms with Gasteiger partial charge in [-0.25, -0.2) is 13.2 Å². The minimum absolute atomic E-state index is 0.00862. The molecule has 3 aromatic rings. The Balaban J connectivity index is 1.33. The Bertz CT molecular complexity index is 1720. The molecular weight excluding hydrogens is 660 g/mol. The maximum Gasteiger partial charge on any atom is 0.407 e. The number of amides is 1. The van der Waals surface area contributed by atoms with Gasteiger partial charge in [-0.1, -0.05) is 71.0 Å². The number of carbonyl (C=O) groups is 1. The van der Waals surface area contributed by atoms with E-state index in [0.717, 1.165) is 24.8 Å². The van der Waals surface area contributed by atoms with Gasteiger partial charge in [-0.2, -0.15) is 4.31 Å². The lowest BCUT2D eigenvalue weighted by atomic mass is 9.91. The third-order valence-electron chi connectivity index (χ3n) is 9.13. The summed E-state index contributed by atoms with van der Waals surface area (Å²) in [6, 6.07) is 13.1. The number of aromatic amines is 1. The molecule has 2 aliphatic heterocycles. The van der Waals surface area contributed by atoms with Gasteiger partial charge in [0.1, 0.15) is 6.10 Å². The van der Waals surface area contributed by atoms with Gasteiger partial charge in [-0.3, -0.25) is 4.99 Å². The highest BCUT2D eigenvalue weighted by Gasteiger charge is 2.44. The van der Waals surface area contributed by atoms with Crippen LogP contribution in [0.2, 0.25) is 0 Å². The van der Waals surface area contributed by atoms with Crippen LogP contribution in [0.25, 0.3) is 10.9 Å². The molecule has 0 saturated carbocycles. The Kier molecular flexibility index (Phi) is 12.3. The van der Waals surface area contributed by atoms with Crippen LogP contribution in [0, 0.1) is 17.3 Å². The second-order valence-electron chi connectivity index (χ2n) is 15.0. The number of aromatic nitrogens is 1. The maximum absolute atomic E-state index is 14.2. The van der Waals surface area contributed by atoms with Crippen molar-refractivity contribution in [3.8, 4) is 5.88 Å². The molecule has 274 valence electrons. The van der Waals surface area contributed by atoms with Crippen molar-refractivity contribution in [3.05, 3.63) is 59.7 Å². The zero-order chi connectivity index (χ0) is 36.1. The molecule has 2 saturated heterocycles. The van der Waals surface area contributed by atoms with Crippen LogP contribution in [-0.4, -0.2) is 97.6 Å². The molecule has 4 N–H and O–H groups in total. The summed E-state index contributed by atoms with van der Waals surface area (Å²) in [6.07, 6.45) is 1.68. The van der Waals surface area contributed by atoms with Crippen molar-refractivity contribution in [2.24, 2.45) is 22.2 Å². The Morgan fingerprint density at radius 3 is 2.64 bits per heavy atom. The number of aliphatic hydroxyl groups is 1. The average Bonchev–Trinajstić information content (AvgIpc) is 3.75. The van der Waals surface area contributed by atoms with E-state index in [0.29, 0.717) is 29.6 Å². The number of fused-ring (bicyclic) bond motifs is 2. The lowest BCUT2D eigenvalue weighted by Gasteiger charge is -2.31. The van der Waals surface area contributed by atoms with E-state index >= 15 is 0 Å². The van der Waals surface area contributed by atoms with Crippen molar-refractivity contribution in [1.29, 1.82) is 0 Å². The SMILES string of the molecule is CC(C)CN(C[C@@H](O)[C@H](Cc1ccccc1)NC(=O)O[C@H]1CO[C@@H]2OCC[C@@H]21)S(=O)(=O)c1ccc2c(C=NCCCC(C)(C)C)c(O)[nH]c2c1. The van der Waals surface area contributed by atoms with Crippen LogP contribution in [-0.2, 0) is 30.7 Å². The lowest BCUT2D eigenvalue weighted by molar-refractivity contribution is -0.0907. The molecule has 5 atom stereocenters. The molecule has 0 unspecified atom stereocenters. The number of aromatic hydroxyl groups is 1. The van der Waals surface area contributed by atoms with E-state index in [1.807, 2.05) is 44.2 Å². The van der Waals surface area contributed by atoms with Crippen LogP contribution in [0.3, 0.4) is 0 Å². The monoisotopic (exact) mass is 712 g/mol. The summed E-state index contributed by atoms with van der Waals surface area (Å²) in [7, 11) is -4.12. The van der Waals surface area contributed by atoms with Crippen molar-refractivity contribution in [3.63, 3.8) is 0 Å². The zero-order valence-corrected chi connectivity index (χ0v) is 30.5. The van der Waals surface area contributed by atoms with Gasteiger partial charge < -0.3 is 34.7 Å². The van der Waals surface area contributed by atoms with Crippen LogP contribution in [0.4, 0.5) is 4.79 Å². The van der Waals surface area contributed by atoms with Gasteiger partial charge in [0.15, 0.2) is 12.2 Å². The number of sulfonamides is 1. The first-order chi connectivity index (χ1) is 23.7. The topological polar surface area (TPSA) is 163 Å². The van der Waals surface area contributed by atoms with E-state index in [-0.39, 0.29) is 60.4 Å². The highest BCUT2D eigenvalue weighted by atomic mass is 32.2. The summed E-state index contributed by atoms with van der Waals surface area (Å²) in [5.74, 6) is -0.207. The molecule has 2 fully saturated rings. The van der Waals surface area contributed by atoms with Crippen LogP contribution in [0.5, 0.6) is 5.88 Å². The smallest absolute Gasteiger partial charge is 0.407 e. The maximum atomic E-state index is 14.2. The van der Waals surface area contributed by atoms with Crippen LogP contribution in [0.15, 0.2) is 58.4 Å². The number of benzene rings is 2. The van der Waals surface area contributed by atoms with Crippen molar-refractivity contribution >= 4 is 33.2 Å². The van der Waals surface area contributed by atoms with Crippen molar-refractivity contribution in [1.82, 2.24) is 14.6 Å². The van der Waals surface area contributed by atoms with E-state index in [1.54, 1.807) is 12.3 Å². The molecule has 0 bridgehead atoms. The zero-order valence-electron chi connectivity index (χ0n) is 29.7. The largest absolute Gasteiger partial charge is 0.494 e. The summed E-state index contributed by atoms with van der Waals surface area (Å²) >= 11 is 0. The van der Waals surface area contributed by atoms with Crippen molar-refractivity contribution < 1.29 is 37.6 Å². The summed E-state index contributed by atoms with van der Waals surface area (Å²) in [6.45, 7) is 11.6. The number of ether oxygens (including phenoxy) is 3. The fourth-order valence-electron chi connectivity index (χ4n) is 6.52. The third-order valence-corrected chi connectivity index (χ3v) is 11.0. The highest BCUT2D eigenvalue weighted by molar-refractivity contribution is 7.89. The van der Waals surface area contributed by atoms with Crippen LogP contribution < -0.4 is 5.32 Å². The predicted molar refractivity (Wildman–Crippen MR) is 192 cm³/mol. The molecule has 2 aliphatic rings. The van der Waals surface area contributed by atoms with Crippen molar-refractivity contribution in [2.75, 3.05) is 32.8 Å². The second-order valence-corrected chi connectivity index (χ2v) is 16.9. The van der Waals surface area contributed by atoms with E-state index in [1.165, 1.54) is 16.4 Å². The van der Waals surface area contributed by atoms with Gasteiger partial charge in [-0.15, -0.1) is 0 Å². The summed E-state index contributed by atoms with van der Waals surface area (Å²) < 4.78 is 46.5. The number of carbonyl (C=O) groups excluding carboxylic acids is 1. The molecule has 12 nitrogen and oxygen atoms in total. The molecule has 13 heteroatoms. The number of rotatable bonds is 15. The Labute approximate surface area is 295 Å². The van der Waals surface area contributed by atoms with Crippen LogP contribution >= 0.6 is 0 Å². The van der Waals surface area contributed by atoms with Gasteiger partial charge in [0.05, 0.1) is 47.3 Å². The summed E-state index contributed by atoms with van der Waals surface area (Å²) in [5, 5.41) is 25.7. The number of nitrogens with one attached hydrogen (secondary N) is 2. The Morgan fingerprint density at radius 1 is 1.16 bits per heavy atom. The number of aliphatic imine (C=N–C) groups is 1. The molecule has 5 rings (SSSR count). The fourth-order valence-corrected chi connectivity index (χ4v) is 8.16. The number of hydrogen-bond acceptors (Lipinski definition) is 9. The van der Waals surface area contributed by atoms with Gasteiger partial charge in [0.25, 0.3) is 0 Å². The van der Waals surface area contributed by atoms with Gasteiger partial charge >= 0.3 is 6.09 Å².